The number of esters is 8. The average molecular weight is 1130 g/mol. The van der Waals surface area contributed by atoms with E-state index >= 15 is 0 Å². The number of ether oxygens (including phenoxy) is 15. The van der Waals surface area contributed by atoms with Crippen LogP contribution < -0.4 is 0 Å². The highest BCUT2D eigenvalue weighted by atomic mass is 16.9. The molecule has 1 N–H and O–H groups in total. The summed E-state index contributed by atoms with van der Waals surface area (Å²) >= 11 is 0. The summed E-state index contributed by atoms with van der Waals surface area (Å²) in [6, 6.07) is 31.0. The molecule has 4 saturated heterocycles. The number of rotatable bonds is 20. The molecule has 4 heterocycles. The Labute approximate surface area is 463 Å². The summed E-state index contributed by atoms with van der Waals surface area (Å²) < 4.78 is 90.7. The van der Waals surface area contributed by atoms with Crippen LogP contribution in [-0.2, 0) is 90.2 Å². The number of benzene rings is 4. The van der Waals surface area contributed by atoms with E-state index in [1.54, 1.807) is 86.6 Å². The molecule has 24 nitrogen and oxygen atoms in total. The van der Waals surface area contributed by atoms with Crippen LogP contribution in [0, 0.1) is 0 Å². The Morgan fingerprint density at radius 2 is 0.938 bits per heavy atom. The Kier molecular flexibility index (Phi) is 19.6. The summed E-state index contributed by atoms with van der Waals surface area (Å²) in [4.78, 5) is 106. The van der Waals surface area contributed by atoms with Crippen LogP contribution in [0.2, 0.25) is 0 Å². The van der Waals surface area contributed by atoms with Gasteiger partial charge in [0.05, 0.1) is 28.9 Å². The maximum Gasteiger partial charge on any atom is 0.338 e. The van der Waals surface area contributed by atoms with Crippen molar-refractivity contribution < 1.29 is 115 Å². The summed E-state index contributed by atoms with van der Waals surface area (Å²) in [5.74, 6) is -8.52. The second kappa shape index (κ2) is 26.7. The van der Waals surface area contributed by atoms with Crippen molar-refractivity contribution in [3.05, 3.63) is 144 Å². The topological polar surface area (TPSA) is 295 Å². The van der Waals surface area contributed by atoms with E-state index in [2.05, 4.69) is 0 Å². The highest BCUT2D eigenvalue weighted by Crippen LogP contribution is 2.43. The Hall–Kier alpha value is -7.68. The minimum atomic E-state index is -1.89. The summed E-state index contributed by atoms with van der Waals surface area (Å²) in [6.45, 7) is 5.37. The lowest BCUT2D eigenvalue weighted by atomic mass is 9.97. The van der Waals surface area contributed by atoms with Crippen LogP contribution in [-0.4, -0.2) is 171 Å². The number of hydrogen-bond donors (Lipinski definition) is 1. The molecule has 4 aromatic carbocycles. The Morgan fingerprint density at radius 1 is 0.481 bits per heavy atom. The second-order valence-corrected chi connectivity index (χ2v) is 19.4. The van der Waals surface area contributed by atoms with Gasteiger partial charge in [-0.3, -0.25) is 19.2 Å². The molecular formula is C57H60O24. The van der Waals surface area contributed by atoms with E-state index in [1.165, 1.54) is 48.5 Å². The zero-order valence-electron chi connectivity index (χ0n) is 44.7. The van der Waals surface area contributed by atoms with Gasteiger partial charge in [-0.05, 0) is 62.4 Å². The number of carbonyl (C=O) groups is 8. The molecule has 15 atom stereocenters. The van der Waals surface area contributed by atoms with Crippen molar-refractivity contribution in [1.82, 2.24) is 0 Å². The lowest BCUT2D eigenvalue weighted by Crippen LogP contribution is -2.64. The third-order valence-corrected chi connectivity index (χ3v) is 12.8. The van der Waals surface area contributed by atoms with E-state index in [4.69, 9.17) is 71.1 Å². The van der Waals surface area contributed by atoms with Crippen LogP contribution >= 0.6 is 0 Å². The van der Waals surface area contributed by atoms with Crippen LogP contribution in [0.5, 0.6) is 0 Å². The van der Waals surface area contributed by atoms with Gasteiger partial charge in [-0.1, -0.05) is 72.8 Å². The van der Waals surface area contributed by atoms with Crippen LogP contribution in [0.1, 0.15) is 83.0 Å². The van der Waals surface area contributed by atoms with E-state index in [9.17, 15) is 43.5 Å². The molecule has 0 amide bonds. The Morgan fingerprint density at radius 3 is 1.44 bits per heavy atom. The molecule has 432 valence electrons. The van der Waals surface area contributed by atoms with Crippen molar-refractivity contribution in [1.29, 1.82) is 0 Å². The first-order valence-corrected chi connectivity index (χ1v) is 25.7. The standard InChI is InChI=1S/C57H60O24/c1-30(58)67-27-38-42(71-32(3)60)41(62)45(72-33(4)61)55(74-38)79-47-44(78-56-49(47)80-57(5,6)81-56)39(70-31(2)59)29-69-54-48(77-53(66)37-25-17-10-18-26-37)46(76-52(65)36-23-15-9-16-24-36)43(75-51(64)35-21-13-8-14-22-35)40(73-54)28-68-50(63)34-19-11-7-12-20-34/h7-26,38-49,54-56,62H,27-29H2,1-6H3/t38-,39-,40-,41+,42-,43-,44-,45-,46+,47+,48+,49-,54+,55+,56-/m1/s1. The Bertz CT molecular complexity index is 2830. The van der Waals surface area contributed by atoms with Crippen LogP contribution in [0.3, 0.4) is 0 Å². The fraction of sp³-hybridized carbons (Fsp3) is 0.439. The van der Waals surface area contributed by atoms with Gasteiger partial charge in [0, 0.05) is 27.7 Å². The Balaban J connectivity index is 1.18. The van der Waals surface area contributed by atoms with Crippen molar-refractivity contribution in [2.24, 2.45) is 0 Å². The molecule has 0 saturated carbocycles. The summed E-state index contributed by atoms with van der Waals surface area (Å²) in [7, 11) is 0. The molecule has 0 aromatic heterocycles. The highest BCUT2D eigenvalue weighted by molar-refractivity contribution is 5.91. The van der Waals surface area contributed by atoms with Crippen LogP contribution in [0.4, 0.5) is 0 Å². The van der Waals surface area contributed by atoms with E-state index < -0.39 is 165 Å². The molecule has 0 spiro atoms. The lowest BCUT2D eigenvalue weighted by molar-refractivity contribution is -0.330. The molecule has 4 aliphatic heterocycles. The van der Waals surface area contributed by atoms with Gasteiger partial charge < -0.3 is 76.2 Å². The molecule has 0 unspecified atom stereocenters. The molecule has 0 aliphatic carbocycles. The third-order valence-electron chi connectivity index (χ3n) is 12.8. The molecule has 4 aliphatic rings. The molecule has 0 radical (unpaired) electrons. The van der Waals surface area contributed by atoms with E-state index in [1.807, 2.05) is 0 Å². The maximum atomic E-state index is 14.3. The first kappa shape index (κ1) is 59.4. The molecular weight excluding hydrogens is 1070 g/mol. The van der Waals surface area contributed by atoms with Crippen molar-refractivity contribution in [2.75, 3.05) is 19.8 Å². The maximum absolute atomic E-state index is 14.3. The largest absolute Gasteiger partial charge is 0.463 e. The number of hydrogen-bond acceptors (Lipinski definition) is 24. The molecule has 8 rings (SSSR count). The minimum Gasteiger partial charge on any atom is -0.463 e. The van der Waals surface area contributed by atoms with Crippen molar-refractivity contribution >= 4 is 47.8 Å². The van der Waals surface area contributed by atoms with Crippen LogP contribution in [0.15, 0.2) is 121 Å². The van der Waals surface area contributed by atoms with Gasteiger partial charge in [0.1, 0.15) is 49.8 Å². The summed E-state index contributed by atoms with van der Waals surface area (Å²) in [5, 5.41) is 11.7. The molecule has 24 heteroatoms. The quantitative estimate of drug-likeness (QED) is 0.0967. The number of fused-ring (bicyclic) bond motifs is 1. The highest BCUT2D eigenvalue weighted by Gasteiger charge is 2.61. The predicted octanol–water partition coefficient (Wildman–Crippen LogP) is 3.97. The van der Waals surface area contributed by atoms with Crippen molar-refractivity contribution in [3.8, 4) is 0 Å². The smallest absolute Gasteiger partial charge is 0.338 e. The molecule has 4 fully saturated rings. The monoisotopic (exact) mass is 1130 g/mol. The molecule has 0 bridgehead atoms. The third kappa shape index (κ3) is 15.2. The van der Waals surface area contributed by atoms with Crippen molar-refractivity contribution in [3.63, 3.8) is 0 Å². The second-order valence-electron chi connectivity index (χ2n) is 19.4. The first-order chi connectivity index (χ1) is 38.7. The predicted molar refractivity (Wildman–Crippen MR) is 270 cm³/mol. The van der Waals surface area contributed by atoms with Crippen LogP contribution in [0.25, 0.3) is 0 Å². The molecule has 81 heavy (non-hydrogen) atoms. The minimum absolute atomic E-state index is 0.0177. The van der Waals surface area contributed by atoms with Crippen molar-refractivity contribution in [2.45, 2.75) is 139 Å². The first-order valence-electron chi connectivity index (χ1n) is 25.7. The molecule has 4 aromatic rings. The summed E-state index contributed by atoms with van der Waals surface area (Å²) in [6.07, 6.45) is -24.4. The van der Waals surface area contributed by atoms with Gasteiger partial charge in [-0.25, -0.2) is 19.2 Å². The van der Waals surface area contributed by atoms with Gasteiger partial charge in [0.25, 0.3) is 0 Å². The fourth-order valence-electron chi connectivity index (χ4n) is 9.37. The van der Waals surface area contributed by atoms with E-state index in [-0.39, 0.29) is 22.3 Å². The zero-order chi connectivity index (χ0) is 58.0. The van der Waals surface area contributed by atoms with Gasteiger partial charge in [0.15, 0.2) is 61.3 Å². The van der Waals surface area contributed by atoms with Gasteiger partial charge >= 0.3 is 47.8 Å². The number of aliphatic hydroxyl groups is 1. The summed E-state index contributed by atoms with van der Waals surface area (Å²) in [5.41, 5.74) is 0.231. The van der Waals surface area contributed by atoms with Gasteiger partial charge in [-0.15, -0.1) is 0 Å². The number of carbonyl (C=O) groups excluding carboxylic acids is 8. The average Bonchev–Trinajstić information content (AvgIpc) is 4.20. The number of aliphatic hydroxyl groups excluding tert-OH is 1. The lowest BCUT2D eigenvalue weighted by Gasteiger charge is -2.45. The van der Waals surface area contributed by atoms with E-state index in [0.717, 1.165) is 27.7 Å². The normalized spacial score (nSPS) is 28.6. The fourth-order valence-corrected chi connectivity index (χ4v) is 9.37. The SMILES string of the molecule is CC(=O)OC[C@H]1O[C@@H](O[C@@H]2[C@H]3OC(C)(C)O[C@H]3O[C@@H]2[C@@H](CO[C@H]2O[C@H](COC(=O)c3ccccc3)[C@@H](OC(=O)c3ccccc3)[C@H](OC(=O)c3ccccc3)[C@@H]2OC(=O)c2ccccc2)OC(C)=O)[C@H](OC(C)=O)[C@@H](O)[C@@H]1OC(C)=O. The zero-order valence-corrected chi connectivity index (χ0v) is 44.7. The van der Waals surface area contributed by atoms with Gasteiger partial charge in [-0.2, -0.15) is 0 Å². The van der Waals surface area contributed by atoms with Gasteiger partial charge in [0.2, 0.25) is 0 Å². The van der Waals surface area contributed by atoms with E-state index in [0.29, 0.717) is 0 Å².